The van der Waals surface area contributed by atoms with Gasteiger partial charge in [-0.25, -0.2) is 4.99 Å². The minimum absolute atomic E-state index is 0. The SMILES string of the molecule is CCCC[NH+]=C1OC(C)(Cl)CS1.[Cl-]. The first-order chi connectivity index (χ1) is 5.64. The highest BCUT2D eigenvalue weighted by molar-refractivity contribution is 8.13. The summed E-state index contributed by atoms with van der Waals surface area (Å²) < 4.78 is 5.43. The quantitative estimate of drug-likeness (QED) is 0.456. The Morgan fingerprint density at radius 2 is 2.38 bits per heavy atom. The number of nitrogens with one attached hydrogen (secondary N) is 1. The van der Waals surface area contributed by atoms with Crippen molar-refractivity contribution >= 4 is 28.6 Å². The van der Waals surface area contributed by atoms with Gasteiger partial charge in [0.15, 0.2) is 5.06 Å². The molecule has 1 heterocycles. The molecule has 1 atom stereocenters. The lowest BCUT2D eigenvalue weighted by Gasteiger charge is -2.09. The van der Waals surface area contributed by atoms with Crippen molar-refractivity contribution in [2.24, 2.45) is 0 Å². The summed E-state index contributed by atoms with van der Waals surface area (Å²) in [7, 11) is 0. The molecule has 0 bridgehead atoms. The molecule has 1 aliphatic heterocycles. The predicted molar refractivity (Wildman–Crippen MR) is 53.5 cm³/mol. The van der Waals surface area contributed by atoms with Crippen molar-refractivity contribution in [3.05, 3.63) is 0 Å². The van der Waals surface area contributed by atoms with Crippen molar-refractivity contribution < 1.29 is 22.1 Å². The van der Waals surface area contributed by atoms with E-state index in [1.54, 1.807) is 11.8 Å². The van der Waals surface area contributed by atoms with E-state index < -0.39 is 5.06 Å². The third-order valence-electron chi connectivity index (χ3n) is 1.57. The standard InChI is InChI=1S/C8H14ClNOS.ClH/c1-3-4-5-10-7-11-8(2,9)6-12-7;/h3-6H2,1-2H3;1H. The predicted octanol–water partition coefficient (Wildman–Crippen LogP) is -2.05. The van der Waals surface area contributed by atoms with Gasteiger partial charge in [0.1, 0.15) is 6.54 Å². The van der Waals surface area contributed by atoms with Gasteiger partial charge in [0.25, 0.3) is 0 Å². The van der Waals surface area contributed by atoms with E-state index >= 15 is 0 Å². The molecule has 1 N–H and O–H groups in total. The molecular formula is C8H15Cl2NOS. The topological polar surface area (TPSA) is 23.2 Å². The number of ether oxygens (including phenoxy) is 1. The summed E-state index contributed by atoms with van der Waals surface area (Å²) in [6, 6.07) is 0. The van der Waals surface area contributed by atoms with Crippen molar-refractivity contribution in [1.29, 1.82) is 0 Å². The van der Waals surface area contributed by atoms with Crippen molar-refractivity contribution in [3.8, 4) is 0 Å². The maximum atomic E-state index is 5.97. The van der Waals surface area contributed by atoms with Crippen LogP contribution in [-0.4, -0.2) is 22.6 Å². The van der Waals surface area contributed by atoms with Gasteiger partial charge in [-0.15, -0.1) is 0 Å². The number of alkyl halides is 1. The van der Waals surface area contributed by atoms with Crippen LogP contribution in [0.25, 0.3) is 0 Å². The lowest BCUT2D eigenvalue weighted by molar-refractivity contribution is -0.464. The number of halogens is 2. The molecule has 1 rings (SSSR count). The Kier molecular flexibility index (Phi) is 6.18. The maximum absolute atomic E-state index is 5.97. The Morgan fingerprint density at radius 1 is 1.69 bits per heavy atom. The second-order valence-electron chi connectivity index (χ2n) is 3.06. The third-order valence-corrected chi connectivity index (χ3v) is 3.12. The van der Waals surface area contributed by atoms with E-state index in [9.17, 15) is 0 Å². The molecule has 0 amide bonds. The Labute approximate surface area is 94.9 Å². The summed E-state index contributed by atoms with van der Waals surface area (Å²) in [6.07, 6.45) is 2.37. The largest absolute Gasteiger partial charge is 1.00 e. The lowest BCUT2D eigenvalue weighted by atomic mass is 10.3. The van der Waals surface area contributed by atoms with E-state index in [4.69, 9.17) is 16.3 Å². The molecule has 0 aromatic heterocycles. The zero-order chi connectivity index (χ0) is 9.03. The summed E-state index contributed by atoms with van der Waals surface area (Å²) in [5.41, 5.74) is 0. The fourth-order valence-corrected chi connectivity index (χ4v) is 2.08. The van der Waals surface area contributed by atoms with Crippen LogP contribution in [-0.2, 0) is 4.74 Å². The Balaban J connectivity index is 0.00000144. The van der Waals surface area contributed by atoms with E-state index in [0.29, 0.717) is 0 Å². The molecular weight excluding hydrogens is 229 g/mol. The molecule has 1 aliphatic rings. The normalized spacial score (nSPS) is 29.9. The van der Waals surface area contributed by atoms with Crippen molar-refractivity contribution in [3.63, 3.8) is 0 Å². The van der Waals surface area contributed by atoms with Crippen molar-refractivity contribution in [2.75, 3.05) is 12.3 Å². The van der Waals surface area contributed by atoms with E-state index in [1.807, 2.05) is 6.92 Å². The van der Waals surface area contributed by atoms with E-state index in [-0.39, 0.29) is 12.4 Å². The van der Waals surface area contributed by atoms with Crippen LogP contribution in [0.1, 0.15) is 26.7 Å². The first-order valence-corrected chi connectivity index (χ1v) is 5.62. The van der Waals surface area contributed by atoms with Crippen LogP contribution in [0.15, 0.2) is 0 Å². The average Bonchev–Trinajstić information content (AvgIpc) is 2.31. The Morgan fingerprint density at radius 3 is 2.85 bits per heavy atom. The van der Waals surface area contributed by atoms with Crippen LogP contribution in [0.4, 0.5) is 0 Å². The highest BCUT2D eigenvalue weighted by Crippen LogP contribution is 2.30. The molecule has 2 nitrogen and oxygen atoms in total. The number of rotatable bonds is 3. The van der Waals surface area contributed by atoms with Crippen LogP contribution in [0, 0.1) is 0 Å². The monoisotopic (exact) mass is 243 g/mol. The van der Waals surface area contributed by atoms with Crippen molar-refractivity contribution in [1.82, 2.24) is 0 Å². The Bertz CT molecular complexity index is 185. The summed E-state index contributed by atoms with van der Waals surface area (Å²) >= 11 is 7.62. The van der Waals surface area contributed by atoms with Gasteiger partial charge in [-0.05, 0) is 18.7 Å². The second-order valence-corrected chi connectivity index (χ2v) is 4.81. The van der Waals surface area contributed by atoms with Gasteiger partial charge in [-0.3, -0.25) is 0 Å². The van der Waals surface area contributed by atoms with Gasteiger partial charge in [0.2, 0.25) is 0 Å². The summed E-state index contributed by atoms with van der Waals surface area (Å²) in [5.74, 6) is 0.822. The van der Waals surface area contributed by atoms with E-state index in [2.05, 4.69) is 11.9 Å². The average molecular weight is 244 g/mol. The lowest BCUT2D eigenvalue weighted by Crippen LogP contribution is -3.00. The third kappa shape index (κ3) is 4.99. The first kappa shape index (κ1) is 13.4. The smallest absolute Gasteiger partial charge is 0.400 e. The highest BCUT2D eigenvalue weighted by atomic mass is 35.5. The molecule has 5 heteroatoms. The van der Waals surface area contributed by atoms with E-state index in [1.165, 1.54) is 12.8 Å². The molecule has 78 valence electrons. The van der Waals surface area contributed by atoms with Crippen molar-refractivity contribution in [2.45, 2.75) is 31.7 Å². The number of thioether (sulfide) groups is 1. The Hall–Kier alpha value is 0.400. The number of hydrogen-bond acceptors (Lipinski definition) is 2. The van der Waals surface area contributed by atoms with Gasteiger partial charge in [0, 0.05) is 6.42 Å². The summed E-state index contributed by atoms with van der Waals surface area (Å²) in [6.45, 7) is 5.03. The summed E-state index contributed by atoms with van der Waals surface area (Å²) in [5, 5.41) is 0.375. The van der Waals surface area contributed by atoms with Gasteiger partial charge in [-0.1, -0.05) is 24.9 Å². The second kappa shape index (κ2) is 5.99. The van der Waals surface area contributed by atoms with Gasteiger partial charge >= 0.3 is 5.23 Å². The molecule has 0 aliphatic carbocycles. The molecule has 0 aromatic rings. The van der Waals surface area contributed by atoms with Crippen LogP contribution in [0.2, 0.25) is 0 Å². The zero-order valence-electron chi connectivity index (χ0n) is 7.90. The summed E-state index contributed by atoms with van der Waals surface area (Å²) in [4.78, 5) is 3.21. The molecule has 0 saturated carbocycles. The molecule has 0 aromatic carbocycles. The van der Waals surface area contributed by atoms with E-state index in [0.717, 1.165) is 17.5 Å². The molecule has 13 heavy (non-hydrogen) atoms. The number of hydrogen-bond donors (Lipinski definition) is 1. The molecule has 1 saturated heterocycles. The van der Waals surface area contributed by atoms with Crippen LogP contribution >= 0.6 is 23.4 Å². The molecule has 0 radical (unpaired) electrons. The maximum Gasteiger partial charge on any atom is 0.400 e. The fraction of sp³-hybridized carbons (Fsp3) is 0.875. The first-order valence-electron chi connectivity index (χ1n) is 4.25. The highest BCUT2D eigenvalue weighted by Gasteiger charge is 2.36. The minimum Gasteiger partial charge on any atom is -1.00 e. The van der Waals surface area contributed by atoms with Gasteiger partial charge < -0.3 is 17.1 Å². The van der Waals surface area contributed by atoms with Gasteiger partial charge in [-0.2, -0.15) is 0 Å². The van der Waals surface area contributed by atoms with Gasteiger partial charge in [0.05, 0.1) is 5.75 Å². The fourth-order valence-electron chi connectivity index (χ4n) is 0.901. The zero-order valence-corrected chi connectivity index (χ0v) is 10.2. The molecule has 0 spiro atoms. The number of unbranched alkanes of at least 4 members (excludes halogenated alkanes) is 1. The molecule has 1 unspecified atom stereocenters. The van der Waals surface area contributed by atoms with Crippen LogP contribution < -0.4 is 17.4 Å². The van der Waals surface area contributed by atoms with Crippen LogP contribution in [0.3, 0.4) is 0 Å². The molecule has 1 fully saturated rings. The van der Waals surface area contributed by atoms with Crippen LogP contribution in [0.5, 0.6) is 0 Å². The minimum atomic E-state index is -0.501.